The first-order valence-corrected chi connectivity index (χ1v) is 7.27. The fourth-order valence-electron chi connectivity index (χ4n) is 2.75. The summed E-state index contributed by atoms with van der Waals surface area (Å²) in [5.74, 6) is 1.72. The van der Waals surface area contributed by atoms with Crippen LogP contribution < -0.4 is 4.74 Å². The average Bonchev–Trinajstić information content (AvgIpc) is 2.48. The van der Waals surface area contributed by atoms with E-state index in [1.807, 2.05) is 24.3 Å². The van der Waals surface area contributed by atoms with Crippen molar-refractivity contribution in [3.8, 4) is 5.75 Å². The van der Waals surface area contributed by atoms with Gasteiger partial charge in [-0.1, -0.05) is 25.5 Å². The lowest BCUT2D eigenvalue weighted by atomic mass is 9.94. The number of piperidine rings is 1. The predicted molar refractivity (Wildman–Crippen MR) is 77.4 cm³/mol. The Balaban J connectivity index is 1.85. The molecule has 0 amide bonds. The van der Waals surface area contributed by atoms with E-state index in [9.17, 15) is 5.11 Å². The molecule has 1 fully saturated rings. The summed E-state index contributed by atoms with van der Waals surface area (Å²) in [5, 5.41) is 10.3. The van der Waals surface area contributed by atoms with Crippen LogP contribution >= 0.6 is 0 Å². The topological polar surface area (TPSA) is 32.7 Å². The largest absolute Gasteiger partial charge is 0.497 e. The number of nitrogens with zero attached hydrogens (tertiary/aromatic N) is 1. The van der Waals surface area contributed by atoms with Crippen LogP contribution in [0.3, 0.4) is 0 Å². The number of hydrogen-bond acceptors (Lipinski definition) is 3. The number of ether oxygens (including phenoxy) is 1. The zero-order chi connectivity index (χ0) is 13.7. The van der Waals surface area contributed by atoms with E-state index in [2.05, 4.69) is 11.8 Å². The molecule has 3 heteroatoms. The number of aliphatic hydroxyl groups is 1. The van der Waals surface area contributed by atoms with Gasteiger partial charge in [0.1, 0.15) is 5.75 Å². The first kappa shape index (κ1) is 14.4. The highest BCUT2D eigenvalue weighted by Gasteiger charge is 2.20. The number of benzene rings is 1. The molecule has 3 nitrogen and oxygen atoms in total. The molecule has 1 saturated heterocycles. The van der Waals surface area contributed by atoms with Crippen LogP contribution in [0.15, 0.2) is 24.3 Å². The second-order valence-corrected chi connectivity index (χ2v) is 5.44. The molecule has 0 aromatic heterocycles. The lowest BCUT2D eigenvalue weighted by Gasteiger charge is -2.32. The summed E-state index contributed by atoms with van der Waals surface area (Å²) in [6.45, 7) is 5.24. The second-order valence-electron chi connectivity index (χ2n) is 5.44. The Morgan fingerprint density at radius 2 is 1.89 bits per heavy atom. The molecule has 1 unspecified atom stereocenters. The smallest absolute Gasteiger partial charge is 0.118 e. The molecule has 0 radical (unpaired) electrons. The van der Waals surface area contributed by atoms with Gasteiger partial charge in [-0.15, -0.1) is 0 Å². The fraction of sp³-hybridized carbons (Fsp3) is 0.625. The van der Waals surface area contributed by atoms with Crippen molar-refractivity contribution >= 4 is 0 Å². The van der Waals surface area contributed by atoms with E-state index in [0.717, 1.165) is 36.9 Å². The number of likely N-dealkylation sites (tertiary alicyclic amines) is 1. The zero-order valence-electron chi connectivity index (χ0n) is 12.0. The first-order valence-electron chi connectivity index (χ1n) is 7.27. The molecule has 1 aliphatic rings. The third-order valence-corrected chi connectivity index (χ3v) is 4.22. The Kier molecular flexibility index (Phi) is 5.23. The third-order valence-electron chi connectivity index (χ3n) is 4.22. The van der Waals surface area contributed by atoms with Gasteiger partial charge in [0, 0.05) is 6.54 Å². The SMILES string of the molecule is CCC1CCN(CC(O)c2ccc(OC)cc2)CC1. The molecule has 1 aliphatic heterocycles. The van der Waals surface area contributed by atoms with E-state index in [1.54, 1.807) is 7.11 Å². The molecule has 106 valence electrons. The van der Waals surface area contributed by atoms with Gasteiger partial charge in [0.05, 0.1) is 13.2 Å². The minimum Gasteiger partial charge on any atom is -0.497 e. The van der Waals surface area contributed by atoms with Gasteiger partial charge in [-0.2, -0.15) is 0 Å². The van der Waals surface area contributed by atoms with Gasteiger partial charge >= 0.3 is 0 Å². The number of aliphatic hydroxyl groups excluding tert-OH is 1. The molecule has 1 heterocycles. The zero-order valence-corrected chi connectivity index (χ0v) is 12.0. The van der Waals surface area contributed by atoms with E-state index in [4.69, 9.17) is 4.74 Å². The molecular weight excluding hydrogens is 238 g/mol. The van der Waals surface area contributed by atoms with Crippen LogP contribution in [-0.2, 0) is 0 Å². The van der Waals surface area contributed by atoms with Crippen molar-refractivity contribution in [1.82, 2.24) is 4.90 Å². The highest BCUT2D eigenvalue weighted by Crippen LogP contribution is 2.23. The first-order chi connectivity index (χ1) is 9.22. The van der Waals surface area contributed by atoms with Crippen LogP contribution in [0.2, 0.25) is 0 Å². The summed E-state index contributed by atoms with van der Waals surface area (Å²) in [5.41, 5.74) is 0.971. The number of β-amino-alcohol motifs (C(OH)–C–C–N with tert-alkyl or cyclic N) is 1. The summed E-state index contributed by atoms with van der Waals surface area (Å²) in [7, 11) is 1.66. The normalized spacial score (nSPS) is 19.3. The van der Waals surface area contributed by atoms with Crippen LogP contribution in [0.4, 0.5) is 0 Å². The number of methoxy groups -OCH3 is 1. The van der Waals surface area contributed by atoms with Gasteiger partial charge in [-0.25, -0.2) is 0 Å². The minimum absolute atomic E-state index is 0.399. The van der Waals surface area contributed by atoms with Gasteiger partial charge in [-0.3, -0.25) is 0 Å². The summed E-state index contributed by atoms with van der Waals surface area (Å²) in [6, 6.07) is 7.70. The van der Waals surface area contributed by atoms with Crippen molar-refractivity contribution < 1.29 is 9.84 Å². The van der Waals surface area contributed by atoms with Crippen molar-refractivity contribution in [2.24, 2.45) is 5.92 Å². The highest BCUT2D eigenvalue weighted by molar-refractivity contribution is 5.28. The van der Waals surface area contributed by atoms with Gasteiger partial charge in [0.15, 0.2) is 0 Å². The van der Waals surface area contributed by atoms with Crippen molar-refractivity contribution in [3.05, 3.63) is 29.8 Å². The van der Waals surface area contributed by atoms with E-state index in [-0.39, 0.29) is 0 Å². The molecular formula is C16H25NO2. The maximum Gasteiger partial charge on any atom is 0.118 e. The number of hydrogen-bond donors (Lipinski definition) is 1. The lowest BCUT2D eigenvalue weighted by Crippen LogP contribution is -2.36. The van der Waals surface area contributed by atoms with Gasteiger partial charge < -0.3 is 14.7 Å². The lowest BCUT2D eigenvalue weighted by molar-refractivity contribution is 0.0887. The minimum atomic E-state index is -0.399. The van der Waals surface area contributed by atoms with E-state index in [0.29, 0.717) is 0 Å². The molecule has 1 aromatic rings. The molecule has 0 spiro atoms. The quantitative estimate of drug-likeness (QED) is 0.886. The molecule has 2 rings (SSSR count). The third kappa shape index (κ3) is 3.95. The molecule has 1 aromatic carbocycles. The van der Waals surface area contributed by atoms with E-state index in [1.165, 1.54) is 19.3 Å². The van der Waals surface area contributed by atoms with Crippen LogP contribution in [0, 0.1) is 5.92 Å². The Bertz CT molecular complexity index is 369. The number of rotatable bonds is 5. The van der Waals surface area contributed by atoms with Crippen LogP contribution in [0.25, 0.3) is 0 Å². The summed E-state index contributed by atoms with van der Waals surface area (Å²) in [6.07, 6.45) is 3.43. The van der Waals surface area contributed by atoms with Gasteiger partial charge in [0.25, 0.3) is 0 Å². The van der Waals surface area contributed by atoms with Gasteiger partial charge in [-0.05, 0) is 49.5 Å². The Morgan fingerprint density at radius 1 is 1.26 bits per heavy atom. The predicted octanol–water partition coefficient (Wildman–Crippen LogP) is 2.85. The Morgan fingerprint density at radius 3 is 2.42 bits per heavy atom. The Labute approximate surface area is 116 Å². The summed E-state index contributed by atoms with van der Waals surface area (Å²) >= 11 is 0. The monoisotopic (exact) mass is 263 g/mol. The standard InChI is InChI=1S/C16H25NO2/c1-3-13-8-10-17(11-9-13)12-16(18)14-4-6-15(19-2)7-5-14/h4-7,13,16,18H,3,8-12H2,1-2H3. The molecule has 1 atom stereocenters. The van der Waals surface area contributed by atoms with Crippen molar-refractivity contribution in [2.45, 2.75) is 32.3 Å². The average molecular weight is 263 g/mol. The second kappa shape index (κ2) is 6.92. The molecule has 0 aliphatic carbocycles. The Hall–Kier alpha value is -1.06. The molecule has 0 saturated carbocycles. The summed E-state index contributed by atoms with van der Waals surface area (Å²) < 4.78 is 5.13. The maximum absolute atomic E-state index is 10.3. The molecule has 1 N–H and O–H groups in total. The van der Waals surface area contributed by atoms with Crippen molar-refractivity contribution in [1.29, 1.82) is 0 Å². The van der Waals surface area contributed by atoms with Crippen LogP contribution in [-0.4, -0.2) is 36.8 Å². The maximum atomic E-state index is 10.3. The fourth-order valence-corrected chi connectivity index (χ4v) is 2.75. The molecule has 0 bridgehead atoms. The highest BCUT2D eigenvalue weighted by atomic mass is 16.5. The van der Waals surface area contributed by atoms with Crippen LogP contribution in [0.5, 0.6) is 5.75 Å². The molecule has 19 heavy (non-hydrogen) atoms. The van der Waals surface area contributed by atoms with Crippen molar-refractivity contribution in [2.75, 3.05) is 26.7 Å². The van der Waals surface area contributed by atoms with E-state index < -0.39 is 6.10 Å². The van der Waals surface area contributed by atoms with Gasteiger partial charge in [0.2, 0.25) is 0 Å². The summed E-state index contributed by atoms with van der Waals surface area (Å²) in [4.78, 5) is 2.38. The van der Waals surface area contributed by atoms with Crippen molar-refractivity contribution in [3.63, 3.8) is 0 Å². The van der Waals surface area contributed by atoms with E-state index >= 15 is 0 Å². The van der Waals surface area contributed by atoms with Crippen LogP contribution in [0.1, 0.15) is 37.9 Å².